The van der Waals surface area contributed by atoms with Crippen LogP contribution in [0.3, 0.4) is 0 Å². The quantitative estimate of drug-likeness (QED) is 0.844. The zero-order valence-corrected chi connectivity index (χ0v) is 11.4. The van der Waals surface area contributed by atoms with Crippen molar-refractivity contribution in [2.75, 3.05) is 24.6 Å². The Morgan fingerprint density at radius 2 is 2.10 bits per heavy atom. The van der Waals surface area contributed by atoms with Crippen LogP contribution in [0.25, 0.3) is 10.9 Å². The summed E-state index contributed by atoms with van der Waals surface area (Å²) < 4.78 is 0. The van der Waals surface area contributed by atoms with Crippen molar-refractivity contribution in [1.82, 2.24) is 4.98 Å². The Hall–Kier alpha value is -2.14. The smallest absolute Gasteiger partial charge is 0.336 e. The Morgan fingerprint density at radius 3 is 2.75 bits per heavy atom. The average Bonchev–Trinajstić information content (AvgIpc) is 2.47. The third-order valence-corrected chi connectivity index (χ3v) is 3.24. The summed E-state index contributed by atoms with van der Waals surface area (Å²) in [5.74, 6) is -0.145. The summed E-state index contributed by atoms with van der Waals surface area (Å²) in [4.78, 5) is 17.7. The summed E-state index contributed by atoms with van der Waals surface area (Å²) in [6, 6.07) is 8.71. The van der Waals surface area contributed by atoms with Gasteiger partial charge in [0.1, 0.15) is 5.82 Å². The molecule has 0 fully saturated rings. The van der Waals surface area contributed by atoms with Crippen molar-refractivity contribution >= 4 is 22.7 Å². The highest BCUT2D eigenvalue weighted by molar-refractivity contribution is 6.02. The molecular formula is C15H18N2O3. The normalized spacial score (nSPS) is 10.7. The van der Waals surface area contributed by atoms with Crippen LogP contribution >= 0.6 is 0 Å². The molecule has 2 rings (SSSR count). The van der Waals surface area contributed by atoms with E-state index in [9.17, 15) is 4.79 Å². The number of nitrogens with zero attached hydrogens (tertiary/aromatic N) is 2. The second-order valence-electron chi connectivity index (χ2n) is 4.50. The molecule has 106 valence electrons. The number of carboxylic acid groups (broad SMARTS) is 1. The maximum absolute atomic E-state index is 11.2. The number of hydrogen-bond donors (Lipinski definition) is 2. The van der Waals surface area contributed by atoms with Gasteiger partial charge in [0.15, 0.2) is 0 Å². The molecule has 0 unspecified atom stereocenters. The van der Waals surface area contributed by atoms with Gasteiger partial charge in [-0.2, -0.15) is 0 Å². The van der Waals surface area contributed by atoms with Gasteiger partial charge in [0, 0.05) is 25.1 Å². The molecule has 2 aromatic rings. The van der Waals surface area contributed by atoms with Crippen LogP contribution < -0.4 is 4.90 Å². The number of rotatable bonds is 6. The number of carboxylic acids is 1. The van der Waals surface area contributed by atoms with Crippen molar-refractivity contribution in [2.45, 2.75) is 13.3 Å². The first-order chi connectivity index (χ1) is 9.67. The fourth-order valence-electron chi connectivity index (χ4n) is 2.20. The van der Waals surface area contributed by atoms with E-state index in [0.717, 1.165) is 18.9 Å². The van der Waals surface area contributed by atoms with Crippen LogP contribution in [0.15, 0.2) is 30.3 Å². The highest BCUT2D eigenvalue weighted by Gasteiger charge is 2.11. The van der Waals surface area contributed by atoms with E-state index < -0.39 is 5.97 Å². The van der Waals surface area contributed by atoms with Gasteiger partial charge in [0.2, 0.25) is 0 Å². The van der Waals surface area contributed by atoms with Crippen LogP contribution in [0.5, 0.6) is 0 Å². The second-order valence-corrected chi connectivity index (χ2v) is 4.50. The van der Waals surface area contributed by atoms with Gasteiger partial charge in [-0.3, -0.25) is 0 Å². The van der Waals surface area contributed by atoms with Gasteiger partial charge < -0.3 is 15.1 Å². The Morgan fingerprint density at radius 1 is 1.30 bits per heavy atom. The summed E-state index contributed by atoms with van der Waals surface area (Å²) >= 11 is 0. The Bertz CT molecular complexity index is 613. The zero-order chi connectivity index (χ0) is 14.5. The van der Waals surface area contributed by atoms with Crippen molar-refractivity contribution < 1.29 is 15.0 Å². The van der Waals surface area contributed by atoms with Gasteiger partial charge in [-0.15, -0.1) is 0 Å². The number of aromatic carboxylic acids is 1. The van der Waals surface area contributed by atoms with E-state index in [1.54, 1.807) is 18.2 Å². The van der Waals surface area contributed by atoms with E-state index in [-0.39, 0.29) is 12.2 Å². The van der Waals surface area contributed by atoms with E-state index in [1.807, 2.05) is 19.1 Å². The number of aromatic nitrogens is 1. The van der Waals surface area contributed by atoms with Crippen LogP contribution in [-0.4, -0.2) is 40.9 Å². The largest absolute Gasteiger partial charge is 0.478 e. The Labute approximate surface area is 117 Å². The molecule has 0 amide bonds. The molecule has 0 atom stereocenters. The zero-order valence-electron chi connectivity index (χ0n) is 11.4. The first kappa shape index (κ1) is 14.3. The number of hydrogen-bond acceptors (Lipinski definition) is 4. The molecule has 1 heterocycles. The van der Waals surface area contributed by atoms with Crippen molar-refractivity contribution in [3.63, 3.8) is 0 Å². The molecule has 20 heavy (non-hydrogen) atoms. The third-order valence-electron chi connectivity index (χ3n) is 3.24. The maximum Gasteiger partial charge on any atom is 0.336 e. The van der Waals surface area contributed by atoms with Crippen molar-refractivity contribution in [3.8, 4) is 0 Å². The predicted molar refractivity (Wildman–Crippen MR) is 78.3 cm³/mol. The van der Waals surface area contributed by atoms with Gasteiger partial charge in [-0.05, 0) is 37.6 Å². The summed E-state index contributed by atoms with van der Waals surface area (Å²) in [5.41, 5.74) is 0.935. The third kappa shape index (κ3) is 2.88. The SMILES string of the molecule is CCN(CCCO)c1ccc2c(C(=O)O)cccc2n1. The lowest BCUT2D eigenvalue weighted by Gasteiger charge is -2.21. The molecular weight excluding hydrogens is 256 g/mol. The molecule has 0 aliphatic carbocycles. The van der Waals surface area contributed by atoms with Crippen LogP contribution in [0, 0.1) is 0 Å². The van der Waals surface area contributed by atoms with Crippen molar-refractivity contribution in [3.05, 3.63) is 35.9 Å². The molecule has 0 aliphatic heterocycles. The van der Waals surface area contributed by atoms with E-state index in [1.165, 1.54) is 0 Å². The lowest BCUT2D eigenvalue weighted by atomic mass is 10.1. The molecule has 0 bridgehead atoms. The number of aliphatic hydroxyl groups excluding tert-OH is 1. The lowest BCUT2D eigenvalue weighted by Crippen LogP contribution is -2.25. The molecule has 1 aromatic heterocycles. The maximum atomic E-state index is 11.2. The Balaban J connectivity index is 2.41. The van der Waals surface area contributed by atoms with Gasteiger partial charge in [-0.1, -0.05) is 6.07 Å². The molecule has 0 aliphatic rings. The minimum Gasteiger partial charge on any atom is -0.478 e. The lowest BCUT2D eigenvalue weighted by molar-refractivity contribution is 0.0699. The fraction of sp³-hybridized carbons (Fsp3) is 0.333. The minimum absolute atomic E-state index is 0.146. The van der Waals surface area contributed by atoms with E-state index >= 15 is 0 Å². The molecule has 0 saturated heterocycles. The van der Waals surface area contributed by atoms with Gasteiger partial charge >= 0.3 is 5.97 Å². The summed E-state index contributed by atoms with van der Waals surface area (Å²) in [6.45, 7) is 3.69. The van der Waals surface area contributed by atoms with Crippen LogP contribution in [0.4, 0.5) is 5.82 Å². The van der Waals surface area contributed by atoms with E-state index in [2.05, 4.69) is 9.88 Å². The molecule has 0 spiro atoms. The van der Waals surface area contributed by atoms with Crippen molar-refractivity contribution in [1.29, 1.82) is 0 Å². The molecule has 0 saturated carbocycles. The number of anilines is 1. The van der Waals surface area contributed by atoms with Crippen LogP contribution in [0.1, 0.15) is 23.7 Å². The first-order valence-corrected chi connectivity index (χ1v) is 6.66. The monoisotopic (exact) mass is 274 g/mol. The highest BCUT2D eigenvalue weighted by atomic mass is 16.4. The number of carbonyl (C=O) groups is 1. The first-order valence-electron chi connectivity index (χ1n) is 6.66. The highest BCUT2D eigenvalue weighted by Crippen LogP contribution is 2.21. The molecule has 1 aromatic carbocycles. The van der Waals surface area contributed by atoms with Crippen LogP contribution in [0.2, 0.25) is 0 Å². The van der Waals surface area contributed by atoms with Gasteiger partial charge in [0.25, 0.3) is 0 Å². The standard InChI is InChI=1S/C15H18N2O3/c1-2-17(9-4-10-18)14-8-7-11-12(15(19)20)5-3-6-13(11)16-14/h3,5-8,18H,2,4,9-10H2,1H3,(H,19,20). The van der Waals surface area contributed by atoms with Gasteiger partial charge in [0.05, 0.1) is 11.1 Å². The van der Waals surface area contributed by atoms with Crippen LogP contribution in [-0.2, 0) is 0 Å². The summed E-state index contributed by atoms with van der Waals surface area (Å²) in [7, 11) is 0. The number of fused-ring (bicyclic) bond motifs is 1. The fourth-order valence-corrected chi connectivity index (χ4v) is 2.20. The van der Waals surface area contributed by atoms with E-state index in [0.29, 0.717) is 17.3 Å². The average molecular weight is 274 g/mol. The second kappa shape index (κ2) is 6.34. The van der Waals surface area contributed by atoms with Gasteiger partial charge in [-0.25, -0.2) is 9.78 Å². The number of pyridine rings is 1. The topological polar surface area (TPSA) is 73.7 Å². The molecule has 5 heteroatoms. The van der Waals surface area contributed by atoms with Crippen molar-refractivity contribution in [2.24, 2.45) is 0 Å². The summed E-state index contributed by atoms with van der Waals surface area (Å²) in [5, 5.41) is 18.7. The predicted octanol–water partition coefficient (Wildman–Crippen LogP) is 2.14. The minimum atomic E-state index is -0.947. The summed E-state index contributed by atoms with van der Waals surface area (Å²) in [6.07, 6.45) is 0.683. The van der Waals surface area contributed by atoms with E-state index in [4.69, 9.17) is 10.2 Å². The molecule has 5 nitrogen and oxygen atoms in total. The molecule has 0 radical (unpaired) electrons. The Kier molecular flexibility index (Phi) is 4.53. The molecule has 2 N–H and O–H groups in total. The number of benzene rings is 1. The number of aliphatic hydroxyl groups is 1.